The van der Waals surface area contributed by atoms with Crippen LogP contribution in [0.2, 0.25) is 0 Å². The van der Waals surface area contributed by atoms with Crippen LogP contribution in [0, 0.1) is 0 Å². The Morgan fingerprint density at radius 2 is 1.87 bits per heavy atom. The molecule has 0 aromatic rings. The van der Waals surface area contributed by atoms with Gasteiger partial charge in [-0.05, 0) is 33.7 Å². The van der Waals surface area contributed by atoms with Gasteiger partial charge in [-0.25, -0.2) is 0 Å². The van der Waals surface area contributed by atoms with E-state index in [2.05, 4.69) is 25.8 Å². The minimum absolute atomic E-state index is 0.160. The van der Waals surface area contributed by atoms with Gasteiger partial charge in [-0.2, -0.15) is 0 Å². The first kappa shape index (κ1) is 12.9. The molecule has 1 saturated carbocycles. The van der Waals surface area contributed by atoms with Crippen LogP contribution in [0.25, 0.3) is 0 Å². The first-order valence-corrected chi connectivity index (χ1v) is 6.08. The molecule has 3 heteroatoms. The Bertz CT molecular complexity index is 194. The van der Waals surface area contributed by atoms with Crippen LogP contribution in [0.3, 0.4) is 0 Å². The molecule has 3 nitrogen and oxygen atoms in total. The van der Waals surface area contributed by atoms with Crippen LogP contribution >= 0.6 is 0 Å². The fourth-order valence-electron chi connectivity index (χ4n) is 2.36. The molecule has 0 amide bonds. The van der Waals surface area contributed by atoms with Crippen molar-refractivity contribution in [2.75, 3.05) is 13.7 Å². The molecule has 1 fully saturated rings. The number of aliphatic hydroxyl groups is 1. The lowest BCUT2D eigenvalue weighted by Crippen LogP contribution is -2.55. The van der Waals surface area contributed by atoms with Gasteiger partial charge in [0.15, 0.2) is 0 Å². The fraction of sp³-hybridized carbons (Fsp3) is 1.00. The number of hydrogen-bond acceptors (Lipinski definition) is 3. The van der Waals surface area contributed by atoms with E-state index in [1.165, 1.54) is 25.7 Å². The second-order valence-corrected chi connectivity index (χ2v) is 5.45. The second-order valence-electron chi connectivity index (χ2n) is 5.45. The molecule has 90 valence electrons. The zero-order valence-corrected chi connectivity index (χ0v) is 10.4. The summed E-state index contributed by atoms with van der Waals surface area (Å²) in [6.07, 6.45) is 6.12. The molecule has 2 unspecified atom stereocenters. The van der Waals surface area contributed by atoms with E-state index < -0.39 is 0 Å². The van der Waals surface area contributed by atoms with Crippen molar-refractivity contribution in [3.8, 4) is 0 Å². The normalized spacial score (nSPS) is 29.2. The molecule has 0 aromatic carbocycles. The topological polar surface area (TPSA) is 49.5 Å². The van der Waals surface area contributed by atoms with Crippen molar-refractivity contribution in [1.82, 2.24) is 4.90 Å². The van der Waals surface area contributed by atoms with E-state index in [4.69, 9.17) is 5.73 Å². The standard InChI is InChI=1S/C12H26N2O/c1-12(2,9-15)14(3)11-8-6-4-5-7-10(11)13/h10-11,15H,4-9,13H2,1-3H3. The Morgan fingerprint density at radius 1 is 1.27 bits per heavy atom. The number of rotatable bonds is 3. The highest BCUT2D eigenvalue weighted by Crippen LogP contribution is 2.25. The molecular formula is C12H26N2O. The van der Waals surface area contributed by atoms with Crippen molar-refractivity contribution in [2.24, 2.45) is 5.73 Å². The van der Waals surface area contributed by atoms with E-state index in [-0.39, 0.29) is 18.2 Å². The smallest absolute Gasteiger partial charge is 0.0610 e. The Balaban J connectivity index is 2.67. The lowest BCUT2D eigenvalue weighted by atomic mass is 9.96. The summed E-state index contributed by atoms with van der Waals surface area (Å²) in [5.41, 5.74) is 6.05. The van der Waals surface area contributed by atoms with Gasteiger partial charge in [-0.1, -0.05) is 19.3 Å². The molecule has 0 aromatic heterocycles. The van der Waals surface area contributed by atoms with Crippen molar-refractivity contribution in [3.05, 3.63) is 0 Å². The molecule has 15 heavy (non-hydrogen) atoms. The molecular weight excluding hydrogens is 188 g/mol. The van der Waals surface area contributed by atoms with Gasteiger partial charge < -0.3 is 10.8 Å². The third-order valence-electron chi connectivity index (χ3n) is 3.87. The minimum Gasteiger partial charge on any atom is -0.394 e. The quantitative estimate of drug-likeness (QED) is 0.697. The fourth-order valence-corrected chi connectivity index (χ4v) is 2.36. The molecule has 0 saturated heterocycles. The van der Waals surface area contributed by atoms with Crippen LogP contribution in [-0.2, 0) is 0 Å². The van der Waals surface area contributed by atoms with E-state index in [1.807, 2.05) is 0 Å². The van der Waals surface area contributed by atoms with Gasteiger partial charge in [-0.3, -0.25) is 4.90 Å². The molecule has 1 aliphatic rings. The van der Waals surface area contributed by atoms with Gasteiger partial charge in [-0.15, -0.1) is 0 Å². The van der Waals surface area contributed by atoms with Crippen LogP contribution in [0.1, 0.15) is 46.0 Å². The van der Waals surface area contributed by atoms with Crippen LogP contribution in [0.4, 0.5) is 0 Å². The van der Waals surface area contributed by atoms with Crippen molar-refractivity contribution >= 4 is 0 Å². The first-order chi connectivity index (χ1) is 6.99. The van der Waals surface area contributed by atoms with E-state index >= 15 is 0 Å². The number of aliphatic hydroxyl groups excluding tert-OH is 1. The summed E-state index contributed by atoms with van der Waals surface area (Å²) < 4.78 is 0. The summed E-state index contributed by atoms with van der Waals surface area (Å²) in [6, 6.07) is 0.693. The van der Waals surface area contributed by atoms with Crippen molar-refractivity contribution < 1.29 is 5.11 Å². The molecule has 0 heterocycles. The van der Waals surface area contributed by atoms with Gasteiger partial charge in [0.05, 0.1) is 6.61 Å². The van der Waals surface area contributed by atoms with Crippen LogP contribution in [-0.4, -0.2) is 41.3 Å². The lowest BCUT2D eigenvalue weighted by molar-refractivity contribution is 0.0333. The largest absolute Gasteiger partial charge is 0.394 e. The minimum atomic E-state index is -0.160. The van der Waals surface area contributed by atoms with Crippen molar-refractivity contribution in [2.45, 2.75) is 63.6 Å². The van der Waals surface area contributed by atoms with E-state index in [9.17, 15) is 5.11 Å². The monoisotopic (exact) mass is 214 g/mol. The van der Waals surface area contributed by atoms with E-state index in [0.717, 1.165) is 6.42 Å². The molecule has 0 bridgehead atoms. The highest BCUT2D eigenvalue weighted by atomic mass is 16.3. The van der Waals surface area contributed by atoms with Gasteiger partial charge >= 0.3 is 0 Å². The molecule has 1 aliphatic carbocycles. The Kier molecular flexibility index (Phi) is 4.56. The molecule has 3 N–H and O–H groups in total. The molecule has 2 atom stereocenters. The Hall–Kier alpha value is -0.120. The summed E-state index contributed by atoms with van der Waals surface area (Å²) in [6.45, 7) is 4.34. The van der Waals surface area contributed by atoms with Gasteiger partial charge in [0.1, 0.15) is 0 Å². The number of nitrogens with two attached hydrogens (primary N) is 1. The van der Waals surface area contributed by atoms with Gasteiger partial charge in [0, 0.05) is 17.6 Å². The van der Waals surface area contributed by atoms with Crippen LogP contribution in [0.15, 0.2) is 0 Å². The summed E-state index contributed by atoms with van der Waals surface area (Å²) >= 11 is 0. The maximum atomic E-state index is 9.37. The zero-order chi connectivity index (χ0) is 11.5. The lowest BCUT2D eigenvalue weighted by Gasteiger charge is -2.42. The third kappa shape index (κ3) is 3.16. The maximum absolute atomic E-state index is 9.37. The highest BCUT2D eigenvalue weighted by Gasteiger charge is 2.32. The predicted octanol–water partition coefficient (Wildman–Crippen LogP) is 1.35. The number of hydrogen-bond donors (Lipinski definition) is 2. The van der Waals surface area contributed by atoms with E-state index in [0.29, 0.717) is 6.04 Å². The Morgan fingerprint density at radius 3 is 2.47 bits per heavy atom. The third-order valence-corrected chi connectivity index (χ3v) is 3.87. The van der Waals surface area contributed by atoms with E-state index in [1.54, 1.807) is 0 Å². The number of nitrogens with zero attached hydrogens (tertiary/aromatic N) is 1. The number of likely N-dealkylation sites (N-methyl/N-ethyl adjacent to an activating group) is 1. The summed E-state index contributed by atoms with van der Waals surface area (Å²) in [7, 11) is 2.09. The average Bonchev–Trinajstić information content (AvgIpc) is 2.41. The first-order valence-electron chi connectivity index (χ1n) is 6.08. The molecule has 1 rings (SSSR count). The molecule has 0 spiro atoms. The van der Waals surface area contributed by atoms with Crippen LogP contribution in [0.5, 0.6) is 0 Å². The Labute approximate surface area is 93.6 Å². The average molecular weight is 214 g/mol. The van der Waals surface area contributed by atoms with Crippen LogP contribution < -0.4 is 5.73 Å². The highest BCUT2D eigenvalue weighted by molar-refractivity contribution is 4.90. The summed E-state index contributed by atoms with van der Waals surface area (Å²) in [5.74, 6) is 0. The SMILES string of the molecule is CN(C1CCCCCC1N)C(C)(C)CO. The zero-order valence-electron chi connectivity index (χ0n) is 10.4. The molecule has 0 aliphatic heterocycles. The summed E-state index contributed by atoms with van der Waals surface area (Å²) in [4.78, 5) is 2.27. The predicted molar refractivity (Wildman–Crippen MR) is 63.8 cm³/mol. The second kappa shape index (κ2) is 5.28. The van der Waals surface area contributed by atoms with Gasteiger partial charge in [0.2, 0.25) is 0 Å². The van der Waals surface area contributed by atoms with Crippen molar-refractivity contribution in [1.29, 1.82) is 0 Å². The van der Waals surface area contributed by atoms with Gasteiger partial charge in [0.25, 0.3) is 0 Å². The summed E-state index contributed by atoms with van der Waals surface area (Å²) in [5, 5.41) is 9.37. The maximum Gasteiger partial charge on any atom is 0.0610 e. The molecule has 0 radical (unpaired) electrons. The van der Waals surface area contributed by atoms with Crippen molar-refractivity contribution in [3.63, 3.8) is 0 Å².